The first-order valence-corrected chi connectivity index (χ1v) is 9.35. The molecule has 8 heteroatoms. The van der Waals surface area contributed by atoms with Gasteiger partial charge in [-0.15, -0.1) is 24.0 Å². The van der Waals surface area contributed by atoms with E-state index >= 15 is 0 Å². The lowest BCUT2D eigenvalue weighted by atomic mass is 10.3. The van der Waals surface area contributed by atoms with Crippen molar-refractivity contribution >= 4 is 41.5 Å². The van der Waals surface area contributed by atoms with Crippen LogP contribution in [0.15, 0.2) is 58.1 Å². The number of hydrogen-bond acceptors (Lipinski definition) is 4. The highest BCUT2D eigenvalue weighted by Crippen LogP contribution is 2.09. The van der Waals surface area contributed by atoms with Crippen LogP contribution in [0.3, 0.4) is 0 Å². The number of guanidine groups is 1. The molecular weight excluding hydrogens is 469 g/mol. The predicted octanol–water partition coefficient (Wildman–Crippen LogP) is 2.73. The number of hydrogen-bond donors (Lipinski definition) is 2. The molecule has 0 radical (unpaired) electrons. The van der Waals surface area contributed by atoms with Gasteiger partial charge in [-0.05, 0) is 30.7 Å². The van der Waals surface area contributed by atoms with E-state index < -0.39 is 0 Å². The minimum absolute atomic E-state index is 0. The van der Waals surface area contributed by atoms with Gasteiger partial charge >= 0.3 is 0 Å². The molecule has 1 aromatic carbocycles. The van der Waals surface area contributed by atoms with Crippen LogP contribution in [0.25, 0.3) is 0 Å². The van der Waals surface area contributed by atoms with Crippen molar-refractivity contribution in [2.45, 2.75) is 6.42 Å². The molecule has 152 valence electrons. The van der Waals surface area contributed by atoms with E-state index in [4.69, 9.17) is 4.42 Å². The molecule has 2 N–H and O–H groups in total. The van der Waals surface area contributed by atoms with E-state index in [1.165, 1.54) is 6.26 Å². The van der Waals surface area contributed by atoms with Crippen molar-refractivity contribution in [3.05, 3.63) is 54.5 Å². The van der Waals surface area contributed by atoms with Crippen molar-refractivity contribution < 1.29 is 9.21 Å². The lowest BCUT2D eigenvalue weighted by molar-refractivity contribution is 0.0658. The zero-order chi connectivity index (χ0) is 18.9. The lowest BCUT2D eigenvalue weighted by Crippen LogP contribution is -2.53. The summed E-state index contributed by atoms with van der Waals surface area (Å²) in [4.78, 5) is 20.7. The Morgan fingerprint density at radius 1 is 1.04 bits per heavy atom. The van der Waals surface area contributed by atoms with Gasteiger partial charge in [-0.2, -0.15) is 0 Å². The maximum absolute atomic E-state index is 12.3. The summed E-state index contributed by atoms with van der Waals surface area (Å²) in [5.74, 6) is 1.24. The third kappa shape index (κ3) is 6.15. The summed E-state index contributed by atoms with van der Waals surface area (Å²) in [6, 6.07) is 13.6. The van der Waals surface area contributed by atoms with Gasteiger partial charge in [0, 0.05) is 52.0 Å². The number of piperazine rings is 1. The van der Waals surface area contributed by atoms with Gasteiger partial charge in [-0.1, -0.05) is 18.2 Å². The number of carbonyl (C=O) groups excluding carboxylic acids is 1. The predicted molar refractivity (Wildman–Crippen MR) is 123 cm³/mol. The Kier molecular flexibility index (Phi) is 9.12. The standard InChI is InChI=1S/C20H27N5O2.HI/c1-21-20(23-11-6-10-22-17-7-3-2-4-8-17)25-14-12-24(13-15-25)19(26)18-9-5-16-27-18;/h2-5,7-9,16,22H,6,10-15H2,1H3,(H,21,23);1H. The molecule has 1 fully saturated rings. The number of aliphatic imine (C=N–C) groups is 1. The van der Waals surface area contributed by atoms with Crippen molar-refractivity contribution in [1.82, 2.24) is 15.1 Å². The topological polar surface area (TPSA) is 73.1 Å². The lowest BCUT2D eigenvalue weighted by Gasteiger charge is -2.36. The van der Waals surface area contributed by atoms with Gasteiger partial charge < -0.3 is 24.9 Å². The number of anilines is 1. The molecule has 1 aliphatic heterocycles. The van der Waals surface area contributed by atoms with Gasteiger partial charge in [0.2, 0.25) is 0 Å². The van der Waals surface area contributed by atoms with E-state index in [9.17, 15) is 4.79 Å². The van der Waals surface area contributed by atoms with E-state index in [-0.39, 0.29) is 29.9 Å². The van der Waals surface area contributed by atoms with Gasteiger partial charge in [0.05, 0.1) is 6.26 Å². The van der Waals surface area contributed by atoms with Crippen molar-refractivity contribution in [1.29, 1.82) is 0 Å². The smallest absolute Gasteiger partial charge is 0.289 e. The van der Waals surface area contributed by atoms with Crippen LogP contribution in [0, 0.1) is 0 Å². The maximum Gasteiger partial charge on any atom is 0.289 e. The minimum Gasteiger partial charge on any atom is -0.459 e. The quantitative estimate of drug-likeness (QED) is 0.278. The van der Waals surface area contributed by atoms with Gasteiger partial charge in [0.15, 0.2) is 11.7 Å². The van der Waals surface area contributed by atoms with Gasteiger partial charge in [-0.25, -0.2) is 0 Å². The summed E-state index contributed by atoms with van der Waals surface area (Å²) in [5, 5.41) is 6.81. The summed E-state index contributed by atoms with van der Waals surface area (Å²) >= 11 is 0. The van der Waals surface area contributed by atoms with Gasteiger partial charge in [0.1, 0.15) is 0 Å². The minimum atomic E-state index is -0.0467. The molecule has 1 aromatic heterocycles. The Labute approximate surface area is 183 Å². The second-order valence-corrected chi connectivity index (χ2v) is 6.38. The van der Waals surface area contributed by atoms with Crippen LogP contribution in [0.2, 0.25) is 0 Å². The molecule has 0 atom stereocenters. The van der Waals surface area contributed by atoms with Crippen LogP contribution < -0.4 is 10.6 Å². The SMILES string of the molecule is CN=C(NCCCNc1ccccc1)N1CCN(C(=O)c2ccco2)CC1.I. The molecular formula is C20H28IN5O2. The molecule has 1 aliphatic rings. The second-order valence-electron chi connectivity index (χ2n) is 6.38. The number of benzene rings is 1. The largest absolute Gasteiger partial charge is 0.459 e. The number of rotatable bonds is 6. The Morgan fingerprint density at radius 3 is 2.39 bits per heavy atom. The summed E-state index contributed by atoms with van der Waals surface area (Å²) in [5.41, 5.74) is 1.14. The highest BCUT2D eigenvalue weighted by molar-refractivity contribution is 14.0. The fourth-order valence-corrected chi connectivity index (χ4v) is 3.09. The average Bonchev–Trinajstić information content (AvgIpc) is 3.26. The fraction of sp³-hybridized carbons (Fsp3) is 0.400. The summed E-state index contributed by atoms with van der Waals surface area (Å²) in [6.07, 6.45) is 2.52. The molecule has 0 saturated carbocycles. The highest BCUT2D eigenvalue weighted by atomic mass is 127. The summed E-state index contributed by atoms with van der Waals surface area (Å²) in [7, 11) is 1.80. The summed E-state index contributed by atoms with van der Waals surface area (Å²) < 4.78 is 5.21. The van der Waals surface area contributed by atoms with Gasteiger partial charge in [0.25, 0.3) is 5.91 Å². The summed E-state index contributed by atoms with van der Waals surface area (Å²) in [6.45, 7) is 4.59. The molecule has 1 amide bonds. The van der Waals surface area contributed by atoms with Crippen LogP contribution in [0.1, 0.15) is 17.0 Å². The van der Waals surface area contributed by atoms with Gasteiger partial charge in [-0.3, -0.25) is 9.79 Å². The molecule has 1 saturated heterocycles. The Morgan fingerprint density at radius 2 is 1.75 bits per heavy atom. The van der Waals surface area contributed by atoms with E-state index in [1.807, 2.05) is 23.1 Å². The number of amides is 1. The van der Waals surface area contributed by atoms with Crippen molar-refractivity contribution in [2.75, 3.05) is 51.6 Å². The number of nitrogens with zero attached hydrogens (tertiary/aromatic N) is 3. The third-order valence-electron chi connectivity index (χ3n) is 4.55. The maximum atomic E-state index is 12.3. The molecule has 0 aliphatic carbocycles. The number of nitrogens with one attached hydrogen (secondary N) is 2. The van der Waals surface area contributed by atoms with E-state index in [0.29, 0.717) is 18.8 Å². The van der Waals surface area contributed by atoms with Crippen LogP contribution >= 0.6 is 24.0 Å². The monoisotopic (exact) mass is 497 g/mol. The number of furan rings is 1. The Bertz CT molecular complexity index is 728. The van der Waals surface area contributed by atoms with Crippen molar-refractivity contribution in [3.8, 4) is 0 Å². The molecule has 2 heterocycles. The van der Waals surface area contributed by atoms with Crippen molar-refractivity contribution in [2.24, 2.45) is 4.99 Å². The number of carbonyl (C=O) groups is 1. The van der Waals surface area contributed by atoms with Crippen LogP contribution in [-0.4, -0.2) is 68.0 Å². The zero-order valence-electron chi connectivity index (χ0n) is 16.1. The normalized spacial score (nSPS) is 14.4. The Hall–Kier alpha value is -2.23. The highest BCUT2D eigenvalue weighted by Gasteiger charge is 2.24. The molecule has 0 bridgehead atoms. The first-order valence-electron chi connectivity index (χ1n) is 9.35. The van der Waals surface area contributed by atoms with E-state index in [0.717, 1.165) is 44.2 Å². The molecule has 2 aromatic rings. The third-order valence-corrected chi connectivity index (χ3v) is 4.55. The second kappa shape index (κ2) is 11.6. The molecule has 7 nitrogen and oxygen atoms in total. The molecule has 3 rings (SSSR count). The fourth-order valence-electron chi connectivity index (χ4n) is 3.09. The molecule has 0 unspecified atom stereocenters. The van der Waals surface area contributed by atoms with Crippen LogP contribution in [0.5, 0.6) is 0 Å². The molecule has 0 spiro atoms. The Balaban J connectivity index is 0.00000280. The van der Waals surface area contributed by atoms with E-state index in [2.05, 4.69) is 32.7 Å². The first-order chi connectivity index (χ1) is 13.3. The number of para-hydroxylation sites is 1. The number of halogens is 1. The van der Waals surface area contributed by atoms with Crippen LogP contribution in [0.4, 0.5) is 5.69 Å². The first kappa shape index (κ1) is 22.1. The zero-order valence-corrected chi connectivity index (χ0v) is 18.5. The molecule has 28 heavy (non-hydrogen) atoms. The average molecular weight is 497 g/mol. The van der Waals surface area contributed by atoms with Crippen molar-refractivity contribution in [3.63, 3.8) is 0 Å². The van der Waals surface area contributed by atoms with Crippen LogP contribution in [-0.2, 0) is 0 Å². The van der Waals surface area contributed by atoms with E-state index in [1.54, 1.807) is 19.2 Å².